The molecule has 37 heavy (non-hydrogen) atoms. The van der Waals surface area contributed by atoms with E-state index in [9.17, 15) is 4.79 Å². The number of anilines is 1. The van der Waals surface area contributed by atoms with Gasteiger partial charge in [0.1, 0.15) is 0 Å². The molecule has 1 amide bonds. The Bertz CT molecular complexity index is 938. The predicted molar refractivity (Wildman–Crippen MR) is 167 cm³/mol. The molecule has 1 aliphatic rings. The lowest BCUT2D eigenvalue weighted by Crippen LogP contribution is -2.17. The molecule has 2 aromatic rings. The highest BCUT2D eigenvalue weighted by molar-refractivity contribution is 5.81. The van der Waals surface area contributed by atoms with Crippen molar-refractivity contribution < 1.29 is 4.79 Å². The van der Waals surface area contributed by atoms with Crippen LogP contribution in [0.1, 0.15) is 70.6 Å². The maximum atomic E-state index is 10.7. The molecule has 0 spiro atoms. The first-order chi connectivity index (χ1) is 17.9. The van der Waals surface area contributed by atoms with Crippen molar-refractivity contribution in [2.45, 2.75) is 67.2 Å². The van der Waals surface area contributed by atoms with Crippen LogP contribution >= 0.6 is 0 Å². The minimum absolute atomic E-state index is 0.561. The third-order valence-electron chi connectivity index (χ3n) is 5.10. The lowest BCUT2D eigenvalue weighted by molar-refractivity contribution is -0.108. The maximum absolute atomic E-state index is 10.7. The van der Waals surface area contributed by atoms with Gasteiger partial charge >= 0.3 is 0 Å². The van der Waals surface area contributed by atoms with Gasteiger partial charge in [0.25, 0.3) is 0 Å². The van der Waals surface area contributed by atoms with E-state index in [1.54, 1.807) is 0 Å². The molecule has 1 heterocycles. The molecule has 0 saturated carbocycles. The molecular weight excluding hydrogens is 454 g/mol. The van der Waals surface area contributed by atoms with Crippen LogP contribution in [0.15, 0.2) is 92.3 Å². The van der Waals surface area contributed by atoms with Crippen molar-refractivity contribution in [3.05, 3.63) is 109 Å². The van der Waals surface area contributed by atoms with Gasteiger partial charge < -0.3 is 15.5 Å². The fourth-order valence-corrected chi connectivity index (χ4v) is 3.46. The van der Waals surface area contributed by atoms with Crippen LogP contribution in [0.3, 0.4) is 0 Å². The first-order valence-corrected chi connectivity index (χ1v) is 13.4. The molecule has 0 bridgehead atoms. The average molecular weight is 506 g/mol. The van der Waals surface area contributed by atoms with Gasteiger partial charge in [-0.05, 0) is 67.2 Å². The van der Waals surface area contributed by atoms with Crippen LogP contribution in [0, 0.1) is 6.92 Å². The number of benzene rings is 2. The van der Waals surface area contributed by atoms with Crippen LogP contribution in [0.2, 0.25) is 0 Å². The second kappa shape index (κ2) is 22.9. The Morgan fingerprint density at radius 1 is 1.08 bits per heavy atom. The number of allylic oxidation sites excluding steroid dienone is 2. The molecule has 1 saturated heterocycles. The minimum Gasteiger partial charge on any atom is -0.389 e. The number of amides is 1. The summed E-state index contributed by atoms with van der Waals surface area (Å²) >= 11 is 0. The van der Waals surface area contributed by atoms with Crippen LogP contribution < -0.4 is 15.5 Å². The van der Waals surface area contributed by atoms with Gasteiger partial charge in [0.15, 0.2) is 0 Å². The Labute approximate surface area is 227 Å². The largest absolute Gasteiger partial charge is 0.389 e. The van der Waals surface area contributed by atoms with Crippen LogP contribution in [0.4, 0.5) is 5.69 Å². The normalized spacial score (nSPS) is 11.3. The molecule has 3 rings (SSSR count). The number of carbonyl (C=O) groups is 1. The molecule has 4 nitrogen and oxygen atoms in total. The first-order valence-electron chi connectivity index (χ1n) is 13.4. The standard InChI is InChI=1S/C22H26N2O.C5H9N.2C2H6.C2H4/c1-5-8-19-10-7-11-20(15-19)22(14-18(3)23-16-25)24(4)21-12-6-9-17(2)13-21;1-5-3-2-4-6-5;3*1-2/h6-7,9-16H,3,5,8H2,1-2,4H3,(H,23,25);6H,1-4H2;2*1-2H3;1-2H2/b22-14-;;;;. The van der Waals surface area contributed by atoms with Crippen molar-refractivity contribution in [3.63, 3.8) is 0 Å². The molecule has 0 aromatic heterocycles. The van der Waals surface area contributed by atoms with E-state index in [0.29, 0.717) is 12.1 Å². The van der Waals surface area contributed by atoms with E-state index >= 15 is 0 Å². The maximum Gasteiger partial charge on any atom is 0.211 e. The molecule has 2 aromatic carbocycles. The third kappa shape index (κ3) is 14.6. The number of carbonyl (C=O) groups excluding carboxylic acids is 1. The zero-order chi connectivity index (χ0) is 28.6. The van der Waals surface area contributed by atoms with Gasteiger partial charge in [-0.15, -0.1) is 13.2 Å². The third-order valence-corrected chi connectivity index (χ3v) is 5.10. The topological polar surface area (TPSA) is 44.4 Å². The second-order valence-corrected chi connectivity index (χ2v) is 7.80. The van der Waals surface area contributed by atoms with Gasteiger partial charge in [0.2, 0.25) is 6.41 Å². The highest BCUT2D eigenvalue weighted by atomic mass is 16.1. The number of nitrogens with zero attached hydrogens (tertiary/aromatic N) is 1. The highest BCUT2D eigenvalue weighted by Crippen LogP contribution is 2.27. The molecule has 204 valence electrons. The fourth-order valence-electron chi connectivity index (χ4n) is 3.46. The van der Waals surface area contributed by atoms with Gasteiger partial charge in [0, 0.05) is 30.7 Å². The first kappa shape index (κ1) is 35.6. The van der Waals surface area contributed by atoms with Crippen molar-refractivity contribution in [3.8, 4) is 0 Å². The van der Waals surface area contributed by atoms with Crippen molar-refractivity contribution in [1.82, 2.24) is 10.6 Å². The lowest BCUT2D eigenvalue weighted by atomic mass is 10.0. The van der Waals surface area contributed by atoms with Crippen molar-refractivity contribution >= 4 is 17.8 Å². The molecular formula is C33H51N3O. The molecule has 2 N–H and O–H groups in total. The summed E-state index contributed by atoms with van der Waals surface area (Å²) < 4.78 is 0. The molecule has 4 heteroatoms. The van der Waals surface area contributed by atoms with Gasteiger partial charge in [0.05, 0.1) is 5.70 Å². The summed E-state index contributed by atoms with van der Waals surface area (Å²) in [5.74, 6) is 0. The van der Waals surface area contributed by atoms with E-state index in [0.717, 1.165) is 36.3 Å². The monoisotopic (exact) mass is 505 g/mol. The van der Waals surface area contributed by atoms with Crippen molar-refractivity contribution in [2.24, 2.45) is 0 Å². The zero-order valence-corrected chi connectivity index (χ0v) is 24.5. The molecule has 1 fully saturated rings. The molecule has 0 radical (unpaired) electrons. The molecule has 1 aliphatic heterocycles. The summed E-state index contributed by atoms with van der Waals surface area (Å²) in [6.45, 7) is 27.1. The quantitative estimate of drug-likeness (QED) is 0.215. The average Bonchev–Trinajstić information content (AvgIpc) is 3.42. The van der Waals surface area contributed by atoms with Gasteiger partial charge in [-0.1, -0.05) is 84.5 Å². The Kier molecular flexibility index (Phi) is 22.1. The van der Waals surface area contributed by atoms with E-state index in [4.69, 9.17) is 0 Å². The molecule has 0 unspecified atom stereocenters. The summed E-state index contributed by atoms with van der Waals surface area (Å²) in [5.41, 5.74) is 7.45. The van der Waals surface area contributed by atoms with Crippen LogP contribution in [-0.2, 0) is 11.2 Å². The summed E-state index contributed by atoms with van der Waals surface area (Å²) in [6.07, 6.45) is 7.16. The van der Waals surface area contributed by atoms with Gasteiger partial charge in [-0.25, -0.2) is 0 Å². The van der Waals surface area contributed by atoms with E-state index < -0.39 is 0 Å². The van der Waals surface area contributed by atoms with Crippen LogP contribution in [0.5, 0.6) is 0 Å². The Hall–Kier alpha value is -3.53. The number of rotatable bonds is 8. The lowest BCUT2D eigenvalue weighted by Gasteiger charge is -2.24. The van der Waals surface area contributed by atoms with Crippen molar-refractivity contribution in [1.29, 1.82) is 0 Å². The van der Waals surface area contributed by atoms with Gasteiger partial charge in [-0.3, -0.25) is 4.79 Å². The van der Waals surface area contributed by atoms with E-state index in [2.05, 4.69) is 98.2 Å². The summed E-state index contributed by atoms with van der Waals surface area (Å²) in [7, 11) is 2.03. The Morgan fingerprint density at radius 2 is 1.73 bits per heavy atom. The van der Waals surface area contributed by atoms with Crippen LogP contribution in [0.25, 0.3) is 5.70 Å². The van der Waals surface area contributed by atoms with Crippen LogP contribution in [-0.4, -0.2) is 20.0 Å². The van der Waals surface area contributed by atoms with E-state index in [-0.39, 0.29) is 0 Å². The molecule has 0 atom stereocenters. The Balaban J connectivity index is 0. The Morgan fingerprint density at radius 3 is 2.22 bits per heavy atom. The summed E-state index contributed by atoms with van der Waals surface area (Å²) in [6, 6.07) is 16.9. The second-order valence-electron chi connectivity index (χ2n) is 7.80. The summed E-state index contributed by atoms with van der Waals surface area (Å²) in [4.78, 5) is 12.9. The summed E-state index contributed by atoms with van der Waals surface area (Å²) in [5, 5.41) is 5.75. The minimum atomic E-state index is 0.561. The fraction of sp³-hybridized carbons (Fsp3) is 0.364. The number of nitrogens with one attached hydrogen (secondary N) is 2. The SMILES string of the molecule is C=C.C=C(/C=C(/c1cccc(CCC)c1)N(C)c1cccc(C)c1)NC=O.C=C1CCCN1.CC.CC. The smallest absolute Gasteiger partial charge is 0.211 e. The van der Waals surface area contributed by atoms with E-state index in [1.807, 2.05) is 46.9 Å². The predicted octanol–water partition coefficient (Wildman–Crippen LogP) is 8.42. The number of hydrogen-bond donors (Lipinski definition) is 2. The van der Waals surface area contributed by atoms with Gasteiger partial charge in [-0.2, -0.15) is 0 Å². The van der Waals surface area contributed by atoms with E-state index in [1.165, 1.54) is 29.7 Å². The number of hydrogen-bond acceptors (Lipinski definition) is 3. The molecule has 0 aliphatic carbocycles. The van der Waals surface area contributed by atoms with Crippen molar-refractivity contribution in [2.75, 3.05) is 18.5 Å². The highest BCUT2D eigenvalue weighted by Gasteiger charge is 2.11. The number of aryl methyl sites for hydroxylation is 2. The zero-order valence-electron chi connectivity index (χ0n) is 24.5.